The van der Waals surface area contributed by atoms with Gasteiger partial charge in [0.15, 0.2) is 0 Å². The Morgan fingerprint density at radius 1 is 1.10 bits per heavy atom. The molecule has 2 heterocycles. The first-order chi connectivity index (χ1) is 9.90. The van der Waals surface area contributed by atoms with Crippen LogP contribution in [0.4, 0.5) is 5.69 Å². The number of nitrogens with one attached hydrogen (secondary N) is 2. The molecule has 0 unspecified atom stereocenters. The van der Waals surface area contributed by atoms with Gasteiger partial charge in [-0.15, -0.1) is 0 Å². The van der Waals surface area contributed by atoms with E-state index in [9.17, 15) is 0 Å². The van der Waals surface area contributed by atoms with Crippen LogP contribution in [0.1, 0.15) is 12.8 Å². The lowest BCUT2D eigenvalue weighted by molar-refractivity contribution is 0.889. The van der Waals surface area contributed by atoms with Gasteiger partial charge in [-0.3, -0.25) is 0 Å². The molecule has 2 aromatic heterocycles. The summed E-state index contributed by atoms with van der Waals surface area (Å²) in [6.07, 6.45) is 6.56. The van der Waals surface area contributed by atoms with Crippen LogP contribution in [0.3, 0.4) is 0 Å². The first-order valence-corrected chi connectivity index (χ1v) is 7.16. The Hall–Kier alpha value is -2.29. The number of rotatable bonds is 4. The van der Waals surface area contributed by atoms with Gasteiger partial charge in [-0.2, -0.15) is 0 Å². The molecule has 0 atom stereocenters. The molecule has 1 aromatic carbocycles. The predicted molar refractivity (Wildman–Crippen MR) is 82.7 cm³/mol. The zero-order valence-electron chi connectivity index (χ0n) is 11.3. The second-order valence-electron chi connectivity index (χ2n) is 5.50. The van der Waals surface area contributed by atoms with E-state index in [4.69, 9.17) is 0 Å². The number of hydrogen-bond donors (Lipinski definition) is 2. The third kappa shape index (κ3) is 2.16. The minimum absolute atomic E-state index is 0.898. The number of anilines is 1. The molecule has 3 heteroatoms. The minimum atomic E-state index is 0.898. The molecule has 0 spiro atoms. The van der Waals surface area contributed by atoms with Gasteiger partial charge in [-0.05, 0) is 54.2 Å². The topological polar surface area (TPSA) is 40.7 Å². The van der Waals surface area contributed by atoms with Gasteiger partial charge in [0, 0.05) is 30.0 Å². The summed E-state index contributed by atoms with van der Waals surface area (Å²) < 4.78 is 0. The quantitative estimate of drug-likeness (QED) is 0.745. The zero-order valence-corrected chi connectivity index (χ0v) is 11.3. The number of aromatic amines is 1. The fourth-order valence-electron chi connectivity index (χ4n) is 2.56. The lowest BCUT2D eigenvalue weighted by atomic mass is 10.0. The van der Waals surface area contributed by atoms with E-state index in [-0.39, 0.29) is 0 Å². The average molecular weight is 263 g/mol. The highest BCUT2D eigenvalue weighted by molar-refractivity contribution is 5.92. The summed E-state index contributed by atoms with van der Waals surface area (Å²) in [6, 6.07) is 12.8. The van der Waals surface area contributed by atoms with Crippen LogP contribution in [-0.4, -0.2) is 16.5 Å². The van der Waals surface area contributed by atoms with Gasteiger partial charge in [-0.1, -0.05) is 12.1 Å². The smallest absolute Gasteiger partial charge is 0.137 e. The monoisotopic (exact) mass is 263 g/mol. The third-order valence-corrected chi connectivity index (χ3v) is 3.95. The number of hydrogen-bond acceptors (Lipinski definition) is 2. The maximum atomic E-state index is 4.33. The zero-order chi connectivity index (χ0) is 13.4. The maximum absolute atomic E-state index is 4.33. The van der Waals surface area contributed by atoms with Crippen molar-refractivity contribution in [3.05, 3.63) is 48.8 Å². The molecule has 2 N–H and O–H groups in total. The Labute approximate surface area is 118 Å². The van der Waals surface area contributed by atoms with Crippen molar-refractivity contribution in [1.82, 2.24) is 9.97 Å². The molecule has 0 bridgehead atoms. The molecule has 4 rings (SSSR count). The summed E-state index contributed by atoms with van der Waals surface area (Å²) in [5.74, 6) is 0.898. The Morgan fingerprint density at radius 3 is 2.75 bits per heavy atom. The summed E-state index contributed by atoms with van der Waals surface area (Å²) in [6.45, 7) is 1.11. The number of nitrogens with zero attached hydrogens (tertiary/aromatic N) is 1. The molecule has 0 amide bonds. The Balaban J connectivity index is 1.62. The van der Waals surface area contributed by atoms with Gasteiger partial charge < -0.3 is 10.3 Å². The van der Waals surface area contributed by atoms with Crippen LogP contribution in [0.15, 0.2) is 48.8 Å². The van der Waals surface area contributed by atoms with E-state index < -0.39 is 0 Å². The van der Waals surface area contributed by atoms with Crippen molar-refractivity contribution in [2.24, 2.45) is 5.92 Å². The molecule has 1 aliphatic carbocycles. The van der Waals surface area contributed by atoms with Crippen molar-refractivity contribution in [2.45, 2.75) is 12.8 Å². The van der Waals surface area contributed by atoms with Crippen LogP contribution in [0.2, 0.25) is 0 Å². The lowest BCUT2D eigenvalue weighted by Gasteiger charge is -2.07. The SMILES string of the molecule is c1cc(-c2ccc(NCC3CC3)cc2)c2cc[nH]c2n1. The second-order valence-corrected chi connectivity index (χ2v) is 5.50. The Bertz CT molecular complexity index is 723. The van der Waals surface area contributed by atoms with Gasteiger partial charge in [0.25, 0.3) is 0 Å². The van der Waals surface area contributed by atoms with Crippen molar-refractivity contribution in [3.8, 4) is 11.1 Å². The predicted octanol–water partition coefficient (Wildman–Crippen LogP) is 4.05. The van der Waals surface area contributed by atoms with Crippen molar-refractivity contribution in [2.75, 3.05) is 11.9 Å². The van der Waals surface area contributed by atoms with Crippen molar-refractivity contribution < 1.29 is 0 Å². The minimum Gasteiger partial charge on any atom is -0.385 e. The number of benzene rings is 1. The fraction of sp³-hybridized carbons (Fsp3) is 0.235. The van der Waals surface area contributed by atoms with Gasteiger partial charge in [0.05, 0.1) is 0 Å². The van der Waals surface area contributed by atoms with E-state index in [1.54, 1.807) is 0 Å². The number of aromatic nitrogens is 2. The Morgan fingerprint density at radius 2 is 1.95 bits per heavy atom. The van der Waals surface area contributed by atoms with E-state index in [1.807, 2.05) is 12.4 Å². The molecule has 0 radical (unpaired) electrons. The van der Waals surface area contributed by atoms with Crippen molar-refractivity contribution >= 4 is 16.7 Å². The van der Waals surface area contributed by atoms with Gasteiger partial charge in [-0.25, -0.2) is 4.98 Å². The van der Waals surface area contributed by atoms with Crippen LogP contribution in [0, 0.1) is 5.92 Å². The second kappa shape index (κ2) is 4.67. The average Bonchev–Trinajstić information content (AvgIpc) is 3.20. The number of pyridine rings is 1. The highest BCUT2D eigenvalue weighted by Gasteiger charge is 2.20. The summed E-state index contributed by atoms with van der Waals surface area (Å²) in [5, 5.41) is 4.67. The lowest BCUT2D eigenvalue weighted by Crippen LogP contribution is -2.02. The summed E-state index contributed by atoms with van der Waals surface area (Å²) >= 11 is 0. The van der Waals surface area contributed by atoms with Gasteiger partial charge >= 0.3 is 0 Å². The maximum Gasteiger partial charge on any atom is 0.137 e. The van der Waals surface area contributed by atoms with E-state index in [0.29, 0.717) is 0 Å². The van der Waals surface area contributed by atoms with Crippen LogP contribution >= 0.6 is 0 Å². The third-order valence-electron chi connectivity index (χ3n) is 3.95. The van der Waals surface area contributed by atoms with Crippen LogP contribution in [0.5, 0.6) is 0 Å². The molecule has 3 nitrogen and oxygen atoms in total. The molecule has 1 saturated carbocycles. The van der Waals surface area contributed by atoms with E-state index in [2.05, 4.69) is 51.7 Å². The molecule has 0 aliphatic heterocycles. The molecule has 3 aromatic rings. The van der Waals surface area contributed by atoms with Crippen LogP contribution in [0.25, 0.3) is 22.2 Å². The van der Waals surface area contributed by atoms with E-state index in [0.717, 1.165) is 18.1 Å². The van der Waals surface area contributed by atoms with Crippen molar-refractivity contribution in [3.63, 3.8) is 0 Å². The van der Waals surface area contributed by atoms with E-state index in [1.165, 1.54) is 35.0 Å². The van der Waals surface area contributed by atoms with Gasteiger partial charge in [0.2, 0.25) is 0 Å². The summed E-state index contributed by atoms with van der Waals surface area (Å²) in [7, 11) is 0. The number of H-pyrrole nitrogens is 1. The Kier molecular flexibility index (Phi) is 2.69. The van der Waals surface area contributed by atoms with E-state index >= 15 is 0 Å². The first-order valence-electron chi connectivity index (χ1n) is 7.16. The molecule has 20 heavy (non-hydrogen) atoms. The standard InChI is InChI=1S/C17H17N3/c1-2-12(1)11-20-14-5-3-13(4-6-14)15-7-9-18-17-16(15)8-10-19-17/h3-10,12,20H,1-2,11H2,(H,18,19). The van der Waals surface area contributed by atoms with Gasteiger partial charge in [0.1, 0.15) is 5.65 Å². The molecular weight excluding hydrogens is 246 g/mol. The highest BCUT2D eigenvalue weighted by atomic mass is 14.9. The molecule has 0 saturated heterocycles. The summed E-state index contributed by atoms with van der Waals surface area (Å²) in [5.41, 5.74) is 4.61. The largest absolute Gasteiger partial charge is 0.385 e. The van der Waals surface area contributed by atoms with Crippen molar-refractivity contribution in [1.29, 1.82) is 0 Å². The molecule has 1 fully saturated rings. The fourth-order valence-corrected chi connectivity index (χ4v) is 2.56. The summed E-state index contributed by atoms with van der Waals surface area (Å²) in [4.78, 5) is 7.49. The first kappa shape index (κ1) is 11.5. The van der Waals surface area contributed by atoms with Crippen LogP contribution < -0.4 is 5.32 Å². The van der Waals surface area contributed by atoms with Crippen LogP contribution in [-0.2, 0) is 0 Å². The highest BCUT2D eigenvalue weighted by Crippen LogP contribution is 2.30. The molecule has 1 aliphatic rings. The molecular formula is C17H17N3. The molecule has 100 valence electrons. The number of fused-ring (bicyclic) bond motifs is 1. The normalized spacial score (nSPS) is 14.6.